The number of para-hydroxylation sites is 3. The van der Waals surface area contributed by atoms with Gasteiger partial charge in [-0.15, -0.1) is 0 Å². The topological polar surface area (TPSA) is 49.2 Å². The van der Waals surface area contributed by atoms with E-state index in [0.717, 1.165) is 78.5 Å². The van der Waals surface area contributed by atoms with Gasteiger partial charge in [0.1, 0.15) is 23.0 Å². The molecule has 5 heteroatoms. The van der Waals surface area contributed by atoms with Crippen LogP contribution < -0.4 is 9.47 Å². The Morgan fingerprint density at radius 3 is 1.85 bits per heavy atom. The lowest BCUT2D eigenvalue weighted by Gasteiger charge is -2.45. The Labute approximate surface area is 265 Å². The Balaban J connectivity index is 1.27. The van der Waals surface area contributed by atoms with Crippen LogP contribution in [0.15, 0.2) is 152 Å². The van der Waals surface area contributed by atoms with E-state index >= 15 is 0 Å². The highest BCUT2D eigenvalue weighted by Gasteiger charge is 2.50. The zero-order chi connectivity index (χ0) is 30.2. The molecule has 2 aliphatic rings. The van der Waals surface area contributed by atoms with Crippen molar-refractivity contribution >= 4 is 21.8 Å². The van der Waals surface area contributed by atoms with E-state index in [-0.39, 0.29) is 0 Å². The van der Waals surface area contributed by atoms with E-state index in [0.29, 0.717) is 0 Å². The number of pyridine rings is 2. The van der Waals surface area contributed by atoms with Gasteiger partial charge in [-0.1, -0.05) is 72.8 Å². The highest BCUT2D eigenvalue weighted by Crippen LogP contribution is 2.61. The van der Waals surface area contributed by atoms with Crippen LogP contribution in [0.25, 0.3) is 38.6 Å². The van der Waals surface area contributed by atoms with Gasteiger partial charge >= 0.3 is 0 Å². The fourth-order valence-electron chi connectivity index (χ4n) is 7.62. The normalized spacial score (nSPS) is 15.8. The van der Waals surface area contributed by atoms with E-state index in [1.165, 1.54) is 5.39 Å². The van der Waals surface area contributed by atoms with Gasteiger partial charge < -0.3 is 14.0 Å². The summed E-state index contributed by atoms with van der Waals surface area (Å²) < 4.78 is 15.8. The molecule has 5 heterocycles. The number of hydrogen-bond acceptors (Lipinski definition) is 4. The van der Waals surface area contributed by atoms with Gasteiger partial charge in [-0.05, 0) is 59.7 Å². The van der Waals surface area contributed by atoms with Crippen molar-refractivity contribution < 1.29 is 9.47 Å². The summed E-state index contributed by atoms with van der Waals surface area (Å²) in [5.41, 5.74) is 9.10. The number of fused-ring (bicyclic) bond motifs is 11. The lowest BCUT2D eigenvalue weighted by molar-refractivity contribution is 0.399. The Bertz CT molecular complexity index is 2430. The first-order valence-corrected chi connectivity index (χ1v) is 15.4. The van der Waals surface area contributed by atoms with Crippen LogP contribution in [0.5, 0.6) is 23.0 Å². The molecule has 1 atom stereocenters. The lowest BCUT2D eigenvalue weighted by atomic mass is 9.62. The van der Waals surface area contributed by atoms with Gasteiger partial charge in [-0.25, -0.2) is 0 Å². The average Bonchev–Trinajstić information content (AvgIpc) is 3.46. The molecule has 10 rings (SSSR count). The maximum atomic E-state index is 6.82. The van der Waals surface area contributed by atoms with Gasteiger partial charge in [-0.2, -0.15) is 0 Å². The monoisotopic (exact) mass is 591 g/mol. The number of aromatic nitrogens is 3. The predicted molar refractivity (Wildman–Crippen MR) is 180 cm³/mol. The van der Waals surface area contributed by atoms with Crippen LogP contribution in [0.1, 0.15) is 22.3 Å². The molecule has 0 radical (unpaired) electrons. The molecule has 0 saturated heterocycles. The van der Waals surface area contributed by atoms with Crippen LogP contribution in [0.4, 0.5) is 0 Å². The Kier molecular flexibility index (Phi) is 5.14. The third-order valence-corrected chi connectivity index (χ3v) is 9.52. The van der Waals surface area contributed by atoms with E-state index in [2.05, 4.69) is 118 Å². The van der Waals surface area contributed by atoms with Crippen molar-refractivity contribution in [1.29, 1.82) is 0 Å². The zero-order valence-corrected chi connectivity index (χ0v) is 24.6. The molecule has 1 spiro atoms. The van der Waals surface area contributed by atoms with Crippen molar-refractivity contribution in [3.63, 3.8) is 0 Å². The molecule has 5 aromatic carbocycles. The van der Waals surface area contributed by atoms with Crippen molar-refractivity contribution in [1.82, 2.24) is 14.5 Å². The second kappa shape index (κ2) is 9.40. The SMILES string of the molecule is c1ccc2c(c1)Oc1cc(-c3ccncc3)ccc1C21c2ccccc2Oc2cc(-n3c4ccccc4c4cnccc43)ccc21. The maximum absolute atomic E-state index is 6.82. The fraction of sp³-hybridized carbons (Fsp3) is 0.0244. The largest absolute Gasteiger partial charge is 0.457 e. The molecule has 0 saturated carbocycles. The van der Waals surface area contributed by atoms with Crippen molar-refractivity contribution in [2.45, 2.75) is 5.41 Å². The maximum Gasteiger partial charge on any atom is 0.134 e. The first-order chi connectivity index (χ1) is 22.8. The Morgan fingerprint density at radius 2 is 1.07 bits per heavy atom. The summed E-state index contributed by atoms with van der Waals surface area (Å²) in [5.74, 6) is 3.31. The second-order valence-corrected chi connectivity index (χ2v) is 11.8. The minimum Gasteiger partial charge on any atom is -0.457 e. The molecule has 0 fully saturated rings. The highest BCUT2D eigenvalue weighted by atomic mass is 16.5. The molecule has 3 aromatic heterocycles. The van der Waals surface area contributed by atoms with Gasteiger partial charge in [0.25, 0.3) is 0 Å². The number of nitrogens with zero attached hydrogens (tertiary/aromatic N) is 3. The smallest absolute Gasteiger partial charge is 0.134 e. The molecule has 8 aromatic rings. The molecule has 46 heavy (non-hydrogen) atoms. The minimum absolute atomic E-state index is 0.658. The number of ether oxygens (including phenoxy) is 2. The van der Waals surface area contributed by atoms with Crippen LogP contribution >= 0.6 is 0 Å². The molecule has 0 aliphatic carbocycles. The molecule has 2 aliphatic heterocycles. The van der Waals surface area contributed by atoms with Crippen LogP contribution in [0.3, 0.4) is 0 Å². The minimum atomic E-state index is -0.658. The number of benzene rings is 5. The molecule has 0 bridgehead atoms. The van der Waals surface area contributed by atoms with Crippen LogP contribution in [-0.2, 0) is 5.41 Å². The fourth-order valence-corrected chi connectivity index (χ4v) is 7.62. The summed E-state index contributed by atoms with van der Waals surface area (Å²) in [5, 5.41) is 2.29. The first kappa shape index (κ1) is 25.2. The van der Waals surface area contributed by atoms with E-state index < -0.39 is 5.41 Å². The Hall–Kier alpha value is -6.20. The van der Waals surface area contributed by atoms with Crippen LogP contribution in [0, 0.1) is 0 Å². The number of hydrogen-bond donors (Lipinski definition) is 0. The zero-order valence-electron chi connectivity index (χ0n) is 24.6. The summed E-state index contributed by atoms with van der Waals surface area (Å²) >= 11 is 0. The third-order valence-electron chi connectivity index (χ3n) is 9.52. The quantitative estimate of drug-likeness (QED) is 0.201. The molecule has 0 amide bonds. The van der Waals surface area contributed by atoms with Crippen molar-refractivity contribution in [2.75, 3.05) is 0 Å². The summed E-state index contributed by atoms with van der Waals surface area (Å²) in [6.07, 6.45) is 7.45. The third kappa shape index (κ3) is 3.34. The van der Waals surface area contributed by atoms with Crippen LogP contribution in [-0.4, -0.2) is 14.5 Å². The number of rotatable bonds is 2. The second-order valence-electron chi connectivity index (χ2n) is 11.8. The molecule has 216 valence electrons. The van der Waals surface area contributed by atoms with Crippen molar-refractivity contribution in [2.24, 2.45) is 0 Å². The van der Waals surface area contributed by atoms with Crippen LogP contribution in [0.2, 0.25) is 0 Å². The average molecular weight is 592 g/mol. The van der Waals surface area contributed by atoms with Crippen molar-refractivity contribution in [3.05, 3.63) is 174 Å². The van der Waals surface area contributed by atoms with E-state index in [1.54, 1.807) is 0 Å². The molecular formula is C41H25N3O2. The van der Waals surface area contributed by atoms with E-state index in [9.17, 15) is 0 Å². The summed E-state index contributed by atoms with van der Waals surface area (Å²) in [6.45, 7) is 0. The van der Waals surface area contributed by atoms with Gasteiger partial charge in [0.15, 0.2) is 0 Å². The van der Waals surface area contributed by atoms with Gasteiger partial charge in [0, 0.05) is 69.6 Å². The summed E-state index contributed by atoms with van der Waals surface area (Å²) in [7, 11) is 0. The lowest BCUT2D eigenvalue weighted by Crippen LogP contribution is -2.36. The Morgan fingerprint density at radius 1 is 0.457 bits per heavy atom. The molecule has 1 unspecified atom stereocenters. The molecular weight excluding hydrogens is 566 g/mol. The van der Waals surface area contributed by atoms with Gasteiger partial charge in [0.05, 0.1) is 16.4 Å². The van der Waals surface area contributed by atoms with E-state index in [1.807, 2.05) is 49.1 Å². The molecule has 5 nitrogen and oxygen atoms in total. The molecule has 0 N–H and O–H groups in total. The standard InChI is InChI=1S/C41H25N3O2/c1-4-10-35-29(7-1)30-25-43-22-19-36(30)44(35)28-14-16-34-40(24-28)46-38-12-6-3-9-32(38)41(34)31-8-2-5-11-37(31)45-39-23-27(13-15-33(39)41)26-17-20-42-21-18-26/h1-25H. The summed E-state index contributed by atoms with van der Waals surface area (Å²) in [6, 6.07) is 44.6. The highest BCUT2D eigenvalue weighted by molar-refractivity contribution is 6.08. The first-order valence-electron chi connectivity index (χ1n) is 15.4. The van der Waals surface area contributed by atoms with E-state index in [4.69, 9.17) is 9.47 Å². The predicted octanol–water partition coefficient (Wildman–Crippen LogP) is 9.83. The summed E-state index contributed by atoms with van der Waals surface area (Å²) in [4.78, 5) is 8.65. The van der Waals surface area contributed by atoms with Gasteiger partial charge in [0.2, 0.25) is 0 Å². The van der Waals surface area contributed by atoms with Gasteiger partial charge in [-0.3, -0.25) is 9.97 Å². The van der Waals surface area contributed by atoms with Crippen molar-refractivity contribution in [3.8, 4) is 39.8 Å².